The second-order valence-electron chi connectivity index (χ2n) is 7.84. The highest BCUT2D eigenvalue weighted by Gasteiger charge is 2.21. The van der Waals surface area contributed by atoms with Crippen LogP contribution in [0.1, 0.15) is 45.8 Å². The average Bonchev–Trinajstić information content (AvgIpc) is 3.33. The van der Waals surface area contributed by atoms with Crippen LogP contribution in [-0.4, -0.2) is 40.9 Å². The first kappa shape index (κ1) is 21.5. The summed E-state index contributed by atoms with van der Waals surface area (Å²) in [4.78, 5) is 34.0. The smallest absolute Gasteiger partial charge is 0.274 e. The molecule has 2 heterocycles. The molecule has 2 atom stereocenters. The first-order valence-corrected chi connectivity index (χ1v) is 10.6. The molecule has 8 heteroatoms. The van der Waals surface area contributed by atoms with Crippen molar-refractivity contribution in [3.05, 3.63) is 77.6 Å². The highest BCUT2D eigenvalue weighted by molar-refractivity contribution is 5.97. The van der Waals surface area contributed by atoms with Gasteiger partial charge in [0.05, 0.1) is 17.9 Å². The number of aromatic nitrogens is 2. The third-order valence-electron chi connectivity index (χ3n) is 5.48. The maximum Gasteiger partial charge on any atom is 0.274 e. The molecule has 1 saturated heterocycles. The van der Waals surface area contributed by atoms with Crippen LogP contribution in [0.2, 0.25) is 0 Å². The third-order valence-corrected chi connectivity index (χ3v) is 5.48. The highest BCUT2D eigenvalue weighted by atomic mass is 16.2. The Labute approximate surface area is 186 Å². The lowest BCUT2D eigenvalue weighted by Gasteiger charge is -2.15. The zero-order valence-electron chi connectivity index (χ0n) is 17.8. The summed E-state index contributed by atoms with van der Waals surface area (Å²) in [5, 5.41) is 9.14. The Morgan fingerprint density at radius 2 is 1.94 bits per heavy atom. The molecule has 3 aromatic rings. The molecule has 1 fully saturated rings. The molecule has 1 aliphatic heterocycles. The summed E-state index contributed by atoms with van der Waals surface area (Å²) in [6, 6.07) is 16.7. The van der Waals surface area contributed by atoms with Crippen molar-refractivity contribution in [1.82, 2.24) is 25.9 Å². The van der Waals surface area contributed by atoms with Crippen molar-refractivity contribution in [2.45, 2.75) is 25.4 Å². The maximum absolute atomic E-state index is 12.8. The van der Waals surface area contributed by atoms with E-state index in [0.29, 0.717) is 16.8 Å². The molecule has 1 aromatic heterocycles. The van der Waals surface area contributed by atoms with E-state index in [1.807, 2.05) is 43.3 Å². The Kier molecular flexibility index (Phi) is 6.42. The fourth-order valence-corrected chi connectivity index (χ4v) is 3.66. The molecule has 8 nitrogen and oxygen atoms in total. The van der Waals surface area contributed by atoms with Crippen LogP contribution < -0.4 is 21.7 Å². The molecular formula is C24H26N6O2. The Morgan fingerprint density at radius 1 is 1.12 bits per heavy atom. The van der Waals surface area contributed by atoms with Gasteiger partial charge in [0.1, 0.15) is 0 Å². The zero-order valence-corrected chi connectivity index (χ0v) is 17.8. The molecule has 2 amide bonds. The van der Waals surface area contributed by atoms with E-state index in [4.69, 9.17) is 5.73 Å². The number of amides is 2. The van der Waals surface area contributed by atoms with E-state index >= 15 is 0 Å². The predicted molar refractivity (Wildman–Crippen MR) is 123 cm³/mol. The molecule has 0 spiro atoms. The number of rotatable bonds is 6. The van der Waals surface area contributed by atoms with Gasteiger partial charge in [0.15, 0.2) is 11.5 Å². The summed E-state index contributed by atoms with van der Waals surface area (Å²) in [6.45, 7) is 3.52. The lowest BCUT2D eigenvalue weighted by Crippen LogP contribution is -2.37. The average molecular weight is 431 g/mol. The minimum atomic E-state index is -0.351. The molecule has 2 aromatic carbocycles. The van der Waals surface area contributed by atoms with Crippen LogP contribution >= 0.6 is 0 Å². The van der Waals surface area contributed by atoms with Gasteiger partial charge >= 0.3 is 0 Å². The fraction of sp³-hybridized carbons (Fsp3) is 0.250. The lowest BCUT2D eigenvalue weighted by molar-refractivity contribution is 0.0929. The van der Waals surface area contributed by atoms with Crippen LogP contribution in [0, 0.1) is 0 Å². The third kappa shape index (κ3) is 4.92. The van der Waals surface area contributed by atoms with Crippen molar-refractivity contribution in [2.75, 3.05) is 18.8 Å². The molecule has 0 bridgehead atoms. The summed E-state index contributed by atoms with van der Waals surface area (Å²) >= 11 is 0. The van der Waals surface area contributed by atoms with Gasteiger partial charge in [0, 0.05) is 23.7 Å². The Balaban J connectivity index is 1.52. The molecular weight excluding hydrogens is 404 g/mol. The van der Waals surface area contributed by atoms with Crippen LogP contribution in [0.4, 0.5) is 5.82 Å². The van der Waals surface area contributed by atoms with Crippen molar-refractivity contribution in [3.63, 3.8) is 0 Å². The number of carbonyl (C=O) groups is 2. The van der Waals surface area contributed by atoms with Crippen LogP contribution in [0.5, 0.6) is 0 Å². The molecule has 5 N–H and O–H groups in total. The van der Waals surface area contributed by atoms with E-state index in [9.17, 15) is 9.59 Å². The van der Waals surface area contributed by atoms with Crippen LogP contribution in [0.3, 0.4) is 0 Å². The summed E-state index contributed by atoms with van der Waals surface area (Å²) in [5.41, 5.74) is 8.66. The Bertz CT molecular complexity index is 1110. The SMILES string of the molecule is C[C@H](NC(=O)c1cccc(-c2cnc(N)c(C(=O)NC3CCNC3)n2)c1)c1ccccc1. The van der Waals surface area contributed by atoms with Gasteiger partial charge in [-0.15, -0.1) is 0 Å². The first-order chi connectivity index (χ1) is 15.5. The van der Waals surface area contributed by atoms with Gasteiger partial charge in [-0.05, 0) is 37.6 Å². The van der Waals surface area contributed by atoms with E-state index in [2.05, 4.69) is 25.9 Å². The fourth-order valence-electron chi connectivity index (χ4n) is 3.66. The normalized spacial score (nSPS) is 16.3. The monoisotopic (exact) mass is 430 g/mol. The van der Waals surface area contributed by atoms with Crippen LogP contribution in [-0.2, 0) is 0 Å². The minimum absolute atomic E-state index is 0.0472. The molecule has 32 heavy (non-hydrogen) atoms. The van der Waals surface area contributed by atoms with Gasteiger partial charge in [-0.2, -0.15) is 0 Å². The Hall–Kier alpha value is -3.78. The van der Waals surface area contributed by atoms with E-state index in [0.717, 1.165) is 25.1 Å². The van der Waals surface area contributed by atoms with E-state index in [1.165, 1.54) is 6.20 Å². The number of carbonyl (C=O) groups excluding carboxylic acids is 2. The van der Waals surface area contributed by atoms with Gasteiger partial charge in [-0.1, -0.05) is 42.5 Å². The number of hydrogen-bond donors (Lipinski definition) is 4. The van der Waals surface area contributed by atoms with Crippen molar-refractivity contribution in [2.24, 2.45) is 0 Å². The summed E-state index contributed by atoms with van der Waals surface area (Å²) in [5.74, 6) is -0.475. The van der Waals surface area contributed by atoms with Crippen molar-refractivity contribution in [1.29, 1.82) is 0 Å². The number of nitrogens with zero attached hydrogens (tertiary/aromatic N) is 2. The van der Waals surface area contributed by atoms with Crippen LogP contribution in [0.15, 0.2) is 60.8 Å². The van der Waals surface area contributed by atoms with Gasteiger partial charge in [0.2, 0.25) is 0 Å². The van der Waals surface area contributed by atoms with Gasteiger partial charge in [0.25, 0.3) is 11.8 Å². The zero-order chi connectivity index (χ0) is 22.5. The van der Waals surface area contributed by atoms with Crippen LogP contribution in [0.25, 0.3) is 11.3 Å². The number of benzene rings is 2. The summed E-state index contributed by atoms with van der Waals surface area (Å²) in [6.07, 6.45) is 2.37. The largest absolute Gasteiger partial charge is 0.382 e. The van der Waals surface area contributed by atoms with Gasteiger partial charge < -0.3 is 21.7 Å². The number of anilines is 1. The molecule has 0 saturated carbocycles. The van der Waals surface area contributed by atoms with E-state index in [-0.39, 0.29) is 35.4 Å². The van der Waals surface area contributed by atoms with E-state index < -0.39 is 0 Å². The minimum Gasteiger partial charge on any atom is -0.382 e. The quantitative estimate of drug-likeness (QED) is 0.476. The highest BCUT2D eigenvalue weighted by Crippen LogP contribution is 2.21. The molecule has 4 rings (SSSR count). The molecule has 0 radical (unpaired) electrons. The maximum atomic E-state index is 12.8. The molecule has 1 aliphatic rings. The predicted octanol–water partition coefficient (Wildman–Crippen LogP) is 2.31. The lowest BCUT2D eigenvalue weighted by atomic mass is 10.1. The first-order valence-electron chi connectivity index (χ1n) is 10.6. The van der Waals surface area contributed by atoms with Gasteiger partial charge in [-0.3, -0.25) is 9.59 Å². The second-order valence-corrected chi connectivity index (χ2v) is 7.84. The summed E-state index contributed by atoms with van der Waals surface area (Å²) < 4.78 is 0. The summed E-state index contributed by atoms with van der Waals surface area (Å²) in [7, 11) is 0. The Morgan fingerprint density at radius 3 is 2.69 bits per heavy atom. The van der Waals surface area contributed by atoms with Crippen molar-refractivity contribution < 1.29 is 9.59 Å². The number of nitrogens with two attached hydrogens (primary N) is 1. The van der Waals surface area contributed by atoms with Crippen molar-refractivity contribution in [3.8, 4) is 11.3 Å². The number of hydrogen-bond acceptors (Lipinski definition) is 6. The standard InChI is InChI=1S/C24H26N6O2/c1-15(16-6-3-2-4-7-16)28-23(31)18-9-5-8-17(12-18)20-14-27-22(25)21(30-20)24(32)29-19-10-11-26-13-19/h2-9,12,14-15,19,26H,10-11,13H2,1H3,(H2,25,27)(H,28,31)(H,29,32)/t15-,19?/m0/s1. The second kappa shape index (κ2) is 9.57. The number of nitrogen functional groups attached to an aromatic ring is 1. The molecule has 164 valence electrons. The topological polar surface area (TPSA) is 122 Å². The van der Waals surface area contributed by atoms with E-state index in [1.54, 1.807) is 18.2 Å². The van der Waals surface area contributed by atoms with Crippen molar-refractivity contribution >= 4 is 17.6 Å². The number of nitrogens with one attached hydrogen (secondary N) is 3. The molecule has 1 unspecified atom stereocenters. The van der Waals surface area contributed by atoms with Gasteiger partial charge in [-0.25, -0.2) is 9.97 Å². The molecule has 0 aliphatic carbocycles.